The Morgan fingerprint density at radius 3 is 2.75 bits per heavy atom. The highest BCUT2D eigenvalue weighted by atomic mass is 16.2. The first-order valence-electron chi connectivity index (χ1n) is 7.60. The number of nitrogens with two attached hydrogens (primary N) is 1. The van der Waals surface area contributed by atoms with Crippen molar-refractivity contribution in [3.63, 3.8) is 0 Å². The second-order valence-corrected chi connectivity index (χ2v) is 6.32. The summed E-state index contributed by atoms with van der Waals surface area (Å²) in [4.78, 5) is 14.4. The molecule has 1 fully saturated rings. The van der Waals surface area contributed by atoms with Crippen LogP contribution in [0, 0.1) is 5.92 Å². The first-order valence-corrected chi connectivity index (χ1v) is 7.60. The maximum atomic E-state index is 12.6. The van der Waals surface area contributed by atoms with Gasteiger partial charge in [-0.3, -0.25) is 4.79 Å². The maximum Gasteiger partial charge on any atom is 0.242 e. The average Bonchev–Trinajstić information content (AvgIpc) is 2.45. The number of hydrogen-bond acceptors (Lipinski definition) is 2. The van der Waals surface area contributed by atoms with Crippen LogP contribution in [0.1, 0.15) is 38.2 Å². The van der Waals surface area contributed by atoms with Gasteiger partial charge in [0.2, 0.25) is 5.91 Å². The molecule has 0 saturated heterocycles. The molecule has 0 bridgehead atoms. The zero-order valence-electron chi connectivity index (χ0n) is 12.6. The molecule has 3 heteroatoms. The number of benzene rings is 1. The van der Waals surface area contributed by atoms with Gasteiger partial charge in [-0.05, 0) is 30.7 Å². The van der Waals surface area contributed by atoms with Crippen molar-refractivity contribution in [3.05, 3.63) is 35.9 Å². The lowest BCUT2D eigenvalue weighted by Crippen LogP contribution is -2.56. The second-order valence-electron chi connectivity index (χ2n) is 6.32. The van der Waals surface area contributed by atoms with Crippen molar-refractivity contribution in [1.29, 1.82) is 0 Å². The summed E-state index contributed by atoms with van der Waals surface area (Å²) in [7, 11) is 1.87. The molecule has 3 nitrogen and oxygen atoms in total. The summed E-state index contributed by atoms with van der Waals surface area (Å²) in [6, 6.07) is 10.3. The van der Waals surface area contributed by atoms with E-state index < -0.39 is 5.54 Å². The van der Waals surface area contributed by atoms with E-state index in [2.05, 4.69) is 19.1 Å². The van der Waals surface area contributed by atoms with Crippen molar-refractivity contribution >= 4 is 5.91 Å². The van der Waals surface area contributed by atoms with Crippen molar-refractivity contribution in [2.45, 2.75) is 44.6 Å². The first-order chi connectivity index (χ1) is 9.51. The van der Waals surface area contributed by atoms with Gasteiger partial charge in [0.25, 0.3) is 0 Å². The molecule has 1 aliphatic rings. The SMILES string of the molecule is CC1CCCC(N)(C(=O)N(C)CCc2ccccc2)C1. The lowest BCUT2D eigenvalue weighted by Gasteiger charge is -2.38. The number of amides is 1. The molecule has 0 spiro atoms. The van der Waals surface area contributed by atoms with Crippen LogP contribution in [0.2, 0.25) is 0 Å². The topological polar surface area (TPSA) is 46.3 Å². The van der Waals surface area contributed by atoms with E-state index in [-0.39, 0.29) is 5.91 Å². The molecule has 1 aromatic carbocycles. The normalized spacial score (nSPS) is 26.2. The number of likely N-dealkylation sites (N-methyl/N-ethyl adjacent to an activating group) is 1. The fourth-order valence-electron chi connectivity index (χ4n) is 3.21. The standard InChI is InChI=1S/C17H26N2O/c1-14-7-6-11-17(18,13-14)16(20)19(2)12-10-15-8-4-3-5-9-15/h3-5,8-9,14H,6-7,10-13,18H2,1-2H3. The van der Waals surface area contributed by atoms with E-state index in [9.17, 15) is 4.79 Å². The number of nitrogens with zero attached hydrogens (tertiary/aromatic N) is 1. The molecule has 1 aromatic rings. The lowest BCUT2D eigenvalue weighted by molar-refractivity contribution is -0.137. The van der Waals surface area contributed by atoms with Crippen molar-refractivity contribution in [2.75, 3.05) is 13.6 Å². The second kappa shape index (κ2) is 6.40. The molecule has 2 rings (SSSR count). The quantitative estimate of drug-likeness (QED) is 0.917. The summed E-state index contributed by atoms with van der Waals surface area (Å²) < 4.78 is 0. The smallest absolute Gasteiger partial charge is 0.242 e. The van der Waals surface area contributed by atoms with Crippen molar-refractivity contribution in [2.24, 2.45) is 11.7 Å². The van der Waals surface area contributed by atoms with Crippen LogP contribution in [-0.2, 0) is 11.2 Å². The number of rotatable bonds is 4. The van der Waals surface area contributed by atoms with Crippen LogP contribution in [0.15, 0.2) is 30.3 Å². The van der Waals surface area contributed by atoms with E-state index in [0.717, 1.165) is 32.2 Å². The molecule has 20 heavy (non-hydrogen) atoms. The summed E-state index contributed by atoms with van der Waals surface area (Å²) in [6.07, 6.45) is 4.79. The van der Waals surface area contributed by atoms with Crippen molar-refractivity contribution in [3.8, 4) is 0 Å². The molecule has 1 amide bonds. The van der Waals surface area contributed by atoms with Crippen molar-refractivity contribution < 1.29 is 4.79 Å². The van der Waals surface area contributed by atoms with E-state index in [1.165, 1.54) is 12.0 Å². The molecular formula is C17H26N2O. The fraction of sp³-hybridized carbons (Fsp3) is 0.588. The van der Waals surface area contributed by atoms with Gasteiger partial charge >= 0.3 is 0 Å². The van der Waals surface area contributed by atoms with E-state index in [0.29, 0.717) is 5.92 Å². The minimum Gasteiger partial charge on any atom is -0.344 e. The van der Waals surface area contributed by atoms with Gasteiger partial charge in [0.15, 0.2) is 0 Å². The third-order valence-electron chi connectivity index (χ3n) is 4.38. The van der Waals surface area contributed by atoms with E-state index in [1.54, 1.807) is 0 Å². The Balaban J connectivity index is 1.91. The molecule has 1 saturated carbocycles. The Morgan fingerprint density at radius 2 is 2.10 bits per heavy atom. The zero-order chi connectivity index (χ0) is 14.6. The summed E-state index contributed by atoms with van der Waals surface area (Å²) in [5.41, 5.74) is 7.00. The predicted molar refractivity (Wildman–Crippen MR) is 82.3 cm³/mol. The summed E-state index contributed by atoms with van der Waals surface area (Å²) in [5, 5.41) is 0. The third-order valence-corrected chi connectivity index (χ3v) is 4.38. The van der Waals surface area contributed by atoms with E-state index in [4.69, 9.17) is 5.73 Å². The Bertz CT molecular complexity index is 446. The van der Waals surface area contributed by atoms with Crippen LogP contribution in [0.3, 0.4) is 0 Å². The molecular weight excluding hydrogens is 248 g/mol. The highest BCUT2D eigenvalue weighted by Crippen LogP contribution is 2.31. The molecule has 0 aromatic heterocycles. The van der Waals surface area contributed by atoms with Gasteiger partial charge in [0.1, 0.15) is 0 Å². The van der Waals surface area contributed by atoms with Crippen LogP contribution >= 0.6 is 0 Å². The van der Waals surface area contributed by atoms with Crippen LogP contribution in [0.5, 0.6) is 0 Å². The Morgan fingerprint density at radius 1 is 1.40 bits per heavy atom. The third kappa shape index (κ3) is 3.60. The zero-order valence-corrected chi connectivity index (χ0v) is 12.6. The minimum atomic E-state index is -0.636. The summed E-state index contributed by atoms with van der Waals surface area (Å²) >= 11 is 0. The van der Waals surface area contributed by atoms with E-state index in [1.807, 2.05) is 30.1 Å². The van der Waals surface area contributed by atoms with Crippen LogP contribution in [0.25, 0.3) is 0 Å². The van der Waals surface area contributed by atoms with Gasteiger partial charge in [-0.25, -0.2) is 0 Å². The molecule has 0 radical (unpaired) electrons. The molecule has 2 unspecified atom stereocenters. The monoisotopic (exact) mass is 274 g/mol. The fourth-order valence-corrected chi connectivity index (χ4v) is 3.21. The number of carbonyl (C=O) groups excluding carboxylic acids is 1. The van der Waals surface area contributed by atoms with Crippen LogP contribution in [0.4, 0.5) is 0 Å². The summed E-state index contributed by atoms with van der Waals surface area (Å²) in [6.45, 7) is 2.92. The molecule has 2 atom stereocenters. The van der Waals surface area contributed by atoms with Gasteiger partial charge in [0, 0.05) is 13.6 Å². The van der Waals surface area contributed by atoms with Crippen molar-refractivity contribution in [1.82, 2.24) is 4.90 Å². The number of carbonyl (C=O) groups is 1. The Kier molecular flexibility index (Phi) is 4.81. The maximum absolute atomic E-state index is 12.6. The Labute approximate surface area is 122 Å². The molecule has 0 aliphatic heterocycles. The largest absolute Gasteiger partial charge is 0.344 e. The van der Waals surface area contributed by atoms with Gasteiger partial charge in [-0.15, -0.1) is 0 Å². The van der Waals surface area contributed by atoms with Gasteiger partial charge in [-0.2, -0.15) is 0 Å². The summed E-state index contributed by atoms with van der Waals surface area (Å²) in [5.74, 6) is 0.667. The molecule has 0 heterocycles. The van der Waals surface area contributed by atoms with E-state index >= 15 is 0 Å². The lowest BCUT2D eigenvalue weighted by atomic mass is 9.76. The molecule has 110 valence electrons. The highest BCUT2D eigenvalue weighted by Gasteiger charge is 2.39. The minimum absolute atomic E-state index is 0.111. The highest BCUT2D eigenvalue weighted by molar-refractivity contribution is 5.86. The Hall–Kier alpha value is -1.35. The predicted octanol–water partition coefficient (Wildman–Crippen LogP) is 2.60. The first kappa shape index (κ1) is 15.0. The van der Waals surface area contributed by atoms with Crippen LogP contribution in [-0.4, -0.2) is 29.9 Å². The molecule has 1 aliphatic carbocycles. The average molecular weight is 274 g/mol. The van der Waals surface area contributed by atoms with Crippen LogP contribution < -0.4 is 5.73 Å². The van der Waals surface area contributed by atoms with Gasteiger partial charge in [-0.1, -0.05) is 50.1 Å². The van der Waals surface area contributed by atoms with Gasteiger partial charge in [0.05, 0.1) is 5.54 Å². The van der Waals surface area contributed by atoms with Gasteiger partial charge < -0.3 is 10.6 Å². The number of hydrogen-bond donors (Lipinski definition) is 1. The molecule has 2 N–H and O–H groups in total.